The van der Waals surface area contributed by atoms with Crippen molar-refractivity contribution in [3.8, 4) is 11.8 Å². The molecule has 204 valence electrons. The largest absolute Gasteiger partial charge is 0.497 e. The summed E-state index contributed by atoms with van der Waals surface area (Å²) in [5, 5.41) is 3.05. The minimum atomic E-state index is -0.185. The molecule has 0 unspecified atom stereocenters. The first kappa shape index (κ1) is 26.5. The van der Waals surface area contributed by atoms with Gasteiger partial charge in [-0.1, -0.05) is 24.3 Å². The van der Waals surface area contributed by atoms with Crippen LogP contribution < -0.4 is 25.4 Å². The molecule has 1 saturated carbocycles. The number of amides is 2. The van der Waals surface area contributed by atoms with E-state index in [1.54, 1.807) is 12.0 Å². The Morgan fingerprint density at radius 3 is 2.38 bits per heavy atom. The van der Waals surface area contributed by atoms with Gasteiger partial charge in [-0.25, -0.2) is 0 Å². The van der Waals surface area contributed by atoms with Crippen LogP contribution in [0.15, 0.2) is 48.5 Å². The van der Waals surface area contributed by atoms with Crippen LogP contribution in [0, 0.1) is 5.92 Å². The van der Waals surface area contributed by atoms with E-state index in [1.165, 1.54) is 12.7 Å². The highest BCUT2D eigenvalue weighted by molar-refractivity contribution is 6.10. The van der Waals surface area contributed by atoms with Gasteiger partial charge in [0.1, 0.15) is 17.1 Å². The topological polar surface area (TPSA) is 120 Å². The predicted molar refractivity (Wildman–Crippen MR) is 149 cm³/mol. The Labute approximate surface area is 228 Å². The van der Waals surface area contributed by atoms with Gasteiger partial charge in [0.2, 0.25) is 5.91 Å². The van der Waals surface area contributed by atoms with Crippen LogP contribution in [0.5, 0.6) is 11.8 Å². The van der Waals surface area contributed by atoms with Crippen LogP contribution in [0.4, 0.5) is 11.5 Å². The summed E-state index contributed by atoms with van der Waals surface area (Å²) in [5.74, 6) is 1.75. The van der Waals surface area contributed by atoms with Crippen molar-refractivity contribution in [2.24, 2.45) is 5.92 Å². The quantitative estimate of drug-likeness (QED) is 0.447. The number of aromatic nitrogens is 2. The van der Waals surface area contributed by atoms with Crippen molar-refractivity contribution in [2.75, 3.05) is 31.4 Å². The van der Waals surface area contributed by atoms with Crippen LogP contribution >= 0.6 is 0 Å². The van der Waals surface area contributed by atoms with E-state index in [-0.39, 0.29) is 23.6 Å². The van der Waals surface area contributed by atoms with E-state index in [0.29, 0.717) is 49.0 Å². The molecule has 1 aliphatic heterocycles. The fraction of sp³-hybridized carbons (Fsp3) is 0.400. The minimum Gasteiger partial charge on any atom is -0.497 e. The third kappa shape index (κ3) is 5.97. The summed E-state index contributed by atoms with van der Waals surface area (Å²) >= 11 is 0. The number of nitrogens with zero attached hydrogens (tertiary/aromatic N) is 3. The standard InChI is InChI=1S/C30H35N5O4/c1-38-24-13-5-20(6-14-24)18-32-26(36)17-19-3-7-21(8-4-19)22-9-11-23(12-10-22)35-16-15-25-27(29(35)37)28(31)34-30(33-25)39-2/h5-6,9-14,19,21H,3-4,7-8,15-18H2,1-2H3,(H,32,36)(H2,31,33,34). The van der Waals surface area contributed by atoms with Gasteiger partial charge in [-0.15, -0.1) is 0 Å². The second-order valence-corrected chi connectivity index (χ2v) is 10.3. The number of methoxy groups -OCH3 is 2. The van der Waals surface area contributed by atoms with Crippen LogP contribution in [-0.2, 0) is 17.8 Å². The molecule has 1 fully saturated rings. The first-order valence-corrected chi connectivity index (χ1v) is 13.5. The maximum atomic E-state index is 13.2. The summed E-state index contributed by atoms with van der Waals surface area (Å²) in [7, 11) is 3.12. The molecule has 9 heteroatoms. The molecule has 1 aromatic heterocycles. The Morgan fingerprint density at radius 2 is 1.72 bits per heavy atom. The summed E-state index contributed by atoms with van der Waals surface area (Å²) < 4.78 is 10.3. The van der Waals surface area contributed by atoms with Crippen molar-refractivity contribution in [2.45, 2.75) is 51.0 Å². The van der Waals surface area contributed by atoms with E-state index in [0.717, 1.165) is 42.7 Å². The molecule has 0 atom stereocenters. The van der Waals surface area contributed by atoms with Crippen molar-refractivity contribution in [1.29, 1.82) is 0 Å². The molecule has 0 saturated heterocycles. The number of rotatable bonds is 8. The van der Waals surface area contributed by atoms with Crippen LogP contribution in [0.2, 0.25) is 0 Å². The average Bonchev–Trinajstić information content (AvgIpc) is 2.97. The van der Waals surface area contributed by atoms with Gasteiger partial charge in [0.25, 0.3) is 5.91 Å². The molecule has 2 aromatic carbocycles. The van der Waals surface area contributed by atoms with Crippen LogP contribution in [0.25, 0.3) is 0 Å². The second-order valence-electron chi connectivity index (χ2n) is 10.3. The first-order chi connectivity index (χ1) is 18.9. The van der Waals surface area contributed by atoms with Crippen molar-refractivity contribution in [3.63, 3.8) is 0 Å². The van der Waals surface area contributed by atoms with Gasteiger partial charge in [0.15, 0.2) is 0 Å². The van der Waals surface area contributed by atoms with Gasteiger partial charge < -0.3 is 25.4 Å². The van der Waals surface area contributed by atoms with Crippen LogP contribution in [0.1, 0.15) is 65.2 Å². The summed E-state index contributed by atoms with van der Waals surface area (Å²) in [6.07, 6.45) is 5.34. The molecule has 39 heavy (non-hydrogen) atoms. The number of nitrogen functional groups attached to an aromatic ring is 1. The van der Waals surface area contributed by atoms with Gasteiger partial charge in [-0.2, -0.15) is 9.97 Å². The maximum absolute atomic E-state index is 13.2. The number of nitrogens with one attached hydrogen (secondary N) is 1. The molecule has 2 amide bonds. The van der Waals surface area contributed by atoms with E-state index in [1.807, 2.05) is 36.4 Å². The van der Waals surface area contributed by atoms with Gasteiger partial charge in [-0.3, -0.25) is 9.59 Å². The second kappa shape index (κ2) is 11.7. The molecule has 0 spiro atoms. The van der Waals surface area contributed by atoms with Crippen molar-refractivity contribution in [3.05, 3.63) is 70.9 Å². The lowest BCUT2D eigenvalue weighted by molar-refractivity contribution is -0.122. The Kier molecular flexibility index (Phi) is 7.95. The molecule has 2 heterocycles. The van der Waals surface area contributed by atoms with Crippen molar-refractivity contribution in [1.82, 2.24) is 15.3 Å². The SMILES string of the molecule is COc1ccc(CNC(=O)CC2CCC(c3ccc(N4CCc5nc(OC)nc(N)c5C4=O)cc3)CC2)cc1. The maximum Gasteiger partial charge on any atom is 0.318 e. The van der Waals surface area contributed by atoms with Crippen LogP contribution in [-0.4, -0.2) is 42.5 Å². The van der Waals surface area contributed by atoms with E-state index in [4.69, 9.17) is 15.2 Å². The van der Waals surface area contributed by atoms with E-state index < -0.39 is 0 Å². The van der Waals surface area contributed by atoms with Gasteiger partial charge >= 0.3 is 6.01 Å². The number of anilines is 2. The predicted octanol–water partition coefficient (Wildman–Crippen LogP) is 4.26. The fourth-order valence-corrected chi connectivity index (χ4v) is 5.61. The molecule has 0 bridgehead atoms. The van der Waals surface area contributed by atoms with Crippen molar-refractivity contribution >= 4 is 23.3 Å². The number of hydrogen-bond acceptors (Lipinski definition) is 7. The first-order valence-electron chi connectivity index (χ1n) is 13.5. The molecule has 5 rings (SSSR count). The number of carbonyl (C=O) groups is 2. The zero-order valence-corrected chi connectivity index (χ0v) is 22.5. The zero-order valence-electron chi connectivity index (χ0n) is 22.5. The highest BCUT2D eigenvalue weighted by Crippen LogP contribution is 2.38. The van der Waals surface area contributed by atoms with E-state index in [9.17, 15) is 9.59 Å². The molecular formula is C30H35N5O4. The molecule has 2 aliphatic rings. The monoisotopic (exact) mass is 529 g/mol. The summed E-state index contributed by atoms with van der Waals surface area (Å²) in [5.41, 5.74) is 10.2. The smallest absolute Gasteiger partial charge is 0.318 e. The third-order valence-corrected chi connectivity index (χ3v) is 7.85. The molecular weight excluding hydrogens is 494 g/mol. The lowest BCUT2D eigenvalue weighted by Gasteiger charge is -2.30. The molecule has 1 aliphatic carbocycles. The Balaban J connectivity index is 1.12. The summed E-state index contributed by atoms with van der Waals surface area (Å²) in [6, 6.07) is 16.2. The minimum absolute atomic E-state index is 0.107. The number of carbonyl (C=O) groups excluding carboxylic acids is 2. The van der Waals surface area contributed by atoms with E-state index >= 15 is 0 Å². The molecule has 9 nitrogen and oxygen atoms in total. The third-order valence-electron chi connectivity index (χ3n) is 7.85. The van der Waals surface area contributed by atoms with Gasteiger partial charge in [-0.05, 0) is 72.9 Å². The summed E-state index contributed by atoms with van der Waals surface area (Å²) in [6.45, 7) is 1.06. The molecule has 3 N–H and O–H groups in total. The highest BCUT2D eigenvalue weighted by atomic mass is 16.5. The normalized spacial score (nSPS) is 18.8. The Morgan fingerprint density at radius 1 is 1.00 bits per heavy atom. The average molecular weight is 530 g/mol. The summed E-state index contributed by atoms with van der Waals surface area (Å²) in [4.78, 5) is 35.8. The zero-order chi connectivity index (χ0) is 27.4. The number of hydrogen-bond donors (Lipinski definition) is 2. The highest BCUT2D eigenvalue weighted by Gasteiger charge is 2.31. The fourth-order valence-electron chi connectivity index (χ4n) is 5.61. The number of nitrogens with two attached hydrogens (primary N) is 1. The van der Waals surface area contributed by atoms with Gasteiger partial charge in [0.05, 0.1) is 19.9 Å². The lowest BCUT2D eigenvalue weighted by Crippen LogP contribution is -2.39. The Bertz CT molecular complexity index is 1320. The van der Waals surface area contributed by atoms with Crippen LogP contribution in [0.3, 0.4) is 0 Å². The lowest BCUT2D eigenvalue weighted by atomic mass is 9.77. The molecule has 3 aromatic rings. The van der Waals surface area contributed by atoms with Gasteiger partial charge in [0, 0.05) is 31.6 Å². The Hall–Kier alpha value is -4.14. The number of benzene rings is 2. The molecule has 0 radical (unpaired) electrons. The van der Waals surface area contributed by atoms with E-state index in [2.05, 4.69) is 27.4 Å². The number of ether oxygens (including phenoxy) is 2. The number of fused-ring (bicyclic) bond motifs is 1. The van der Waals surface area contributed by atoms with Crippen molar-refractivity contribution < 1.29 is 19.1 Å².